The van der Waals surface area contributed by atoms with E-state index in [1.54, 1.807) is 18.2 Å². The Morgan fingerprint density at radius 3 is 2.55 bits per heavy atom. The van der Waals surface area contributed by atoms with E-state index in [2.05, 4.69) is 12.2 Å². The summed E-state index contributed by atoms with van der Waals surface area (Å²) in [6.45, 7) is 2.87. The molecule has 0 atom stereocenters. The Hall–Kier alpha value is -2.36. The molecular formula is C18H20FNO2. The van der Waals surface area contributed by atoms with Gasteiger partial charge < -0.3 is 10.1 Å². The number of carbonyl (C=O) groups is 1. The van der Waals surface area contributed by atoms with E-state index in [0.717, 1.165) is 12.2 Å². The second kappa shape index (κ2) is 8.17. The molecule has 3 nitrogen and oxygen atoms in total. The highest BCUT2D eigenvalue weighted by atomic mass is 19.1. The Morgan fingerprint density at radius 1 is 1.14 bits per heavy atom. The van der Waals surface area contributed by atoms with Gasteiger partial charge in [0, 0.05) is 0 Å². The van der Waals surface area contributed by atoms with Gasteiger partial charge in [-0.15, -0.1) is 0 Å². The van der Waals surface area contributed by atoms with E-state index >= 15 is 0 Å². The van der Waals surface area contributed by atoms with Crippen LogP contribution in [0.25, 0.3) is 0 Å². The molecule has 0 aliphatic carbocycles. The predicted octanol–water partition coefficient (Wildman–Crippen LogP) is 3.13. The summed E-state index contributed by atoms with van der Waals surface area (Å²) in [5.41, 5.74) is 1.65. The number of hydrogen-bond donors (Lipinski definition) is 1. The maximum absolute atomic E-state index is 13.4. The molecule has 1 N–H and O–H groups in total. The van der Waals surface area contributed by atoms with Crippen molar-refractivity contribution in [3.63, 3.8) is 0 Å². The zero-order valence-corrected chi connectivity index (χ0v) is 12.6. The molecule has 0 saturated heterocycles. The molecule has 2 aromatic rings. The SMILES string of the molecule is CCc1ccc(OCCNC(=O)Cc2ccccc2F)cc1. The van der Waals surface area contributed by atoms with Crippen LogP contribution in [-0.2, 0) is 17.6 Å². The van der Waals surface area contributed by atoms with Gasteiger partial charge in [0.2, 0.25) is 5.91 Å². The number of ether oxygens (including phenoxy) is 1. The van der Waals surface area contributed by atoms with Crippen LogP contribution < -0.4 is 10.1 Å². The molecule has 4 heteroatoms. The molecule has 0 spiro atoms. The standard InChI is InChI=1S/C18H20FNO2/c1-2-14-7-9-16(10-8-14)22-12-11-20-18(21)13-15-5-3-4-6-17(15)19/h3-10H,2,11-13H2,1H3,(H,20,21). The van der Waals surface area contributed by atoms with Crippen LogP contribution in [0.4, 0.5) is 4.39 Å². The van der Waals surface area contributed by atoms with Crippen molar-refractivity contribution in [1.82, 2.24) is 5.32 Å². The fourth-order valence-corrected chi connectivity index (χ4v) is 2.06. The molecule has 0 heterocycles. The van der Waals surface area contributed by atoms with Gasteiger partial charge in [0.1, 0.15) is 18.2 Å². The number of halogens is 1. The molecule has 0 aromatic heterocycles. The summed E-state index contributed by atoms with van der Waals surface area (Å²) in [6, 6.07) is 14.2. The lowest BCUT2D eigenvalue weighted by atomic mass is 10.1. The van der Waals surface area contributed by atoms with Crippen LogP contribution >= 0.6 is 0 Å². The fourth-order valence-electron chi connectivity index (χ4n) is 2.06. The molecule has 2 rings (SSSR count). The maximum Gasteiger partial charge on any atom is 0.224 e. The van der Waals surface area contributed by atoms with Crippen LogP contribution in [0.15, 0.2) is 48.5 Å². The van der Waals surface area contributed by atoms with Gasteiger partial charge in [0.05, 0.1) is 13.0 Å². The van der Waals surface area contributed by atoms with Crippen LogP contribution in [-0.4, -0.2) is 19.1 Å². The van der Waals surface area contributed by atoms with Crippen molar-refractivity contribution >= 4 is 5.91 Å². The van der Waals surface area contributed by atoms with E-state index < -0.39 is 0 Å². The van der Waals surface area contributed by atoms with Gasteiger partial charge in [-0.2, -0.15) is 0 Å². The first-order valence-corrected chi connectivity index (χ1v) is 7.41. The average Bonchev–Trinajstić information content (AvgIpc) is 2.54. The first kappa shape index (κ1) is 16.0. The normalized spacial score (nSPS) is 10.3. The van der Waals surface area contributed by atoms with E-state index in [4.69, 9.17) is 4.74 Å². The van der Waals surface area contributed by atoms with Gasteiger partial charge in [-0.1, -0.05) is 37.3 Å². The number of benzene rings is 2. The third-order valence-corrected chi connectivity index (χ3v) is 3.33. The number of aryl methyl sites for hydroxylation is 1. The Kier molecular flexibility index (Phi) is 5.95. The van der Waals surface area contributed by atoms with Crippen molar-refractivity contribution < 1.29 is 13.9 Å². The minimum Gasteiger partial charge on any atom is -0.492 e. The largest absolute Gasteiger partial charge is 0.492 e. The maximum atomic E-state index is 13.4. The highest BCUT2D eigenvalue weighted by Gasteiger charge is 2.06. The Morgan fingerprint density at radius 2 is 1.86 bits per heavy atom. The minimum absolute atomic E-state index is 0.0396. The highest BCUT2D eigenvalue weighted by molar-refractivity contribution is 5.78. The van der Waals surface area contributed by atoms with Gasteiger partial charge >= 0.3 is 0 Å². The number of nitrogens with one attached hydrogen (secondary N) is 1. The number of carbonyl (C=O) groups excluding carboxylic acids is 1. The van der Waals surface area contributed by atoms with Gasteiger partial charge in [-0.05, 0) is 35.7 Å². The van der Waals surface area contributed by atoms with Crippen LogP contribution in [0.1, 0.15) is 18.1 Å². The zero-order chi connectivity index (χ0) is 15.8. The molecule has 0 aliphatic rings. The van der Waals surface area contributed by atoms with Crippen molar-refractivity contribution in [3.05, 3.63) is 65.5 Å². The lowest BCUT2D eigenvalue weighted by Gasteiger charge is -2.08. The second-order valence-corrected chi connectivity index (χ2v) is 4.96. The monoisotopic (exact) mass is 301 g/mol. The second-order valence-electron chi connectivity index (χ2n) is 4.96. The molecule has 2 aromatic carbocycles. The summed E-state index contributed by atoms with van der Waals surface area (Å²) >= 11 is 0. The summed E-state index contributed by atoms with van der Waals surface area (Å²) in [5, 5.41) is 2.72. The lowest BCUT2D eigenvalue weighted by Crippen LogP contribution is -2.29. The predicted molar refractivity (Wildman–Crippen MR) is 84.4 cm³/mol. The molecule has 0 fully saturated rings. The third kappa shape index (κ3) is 4.88. The van der Waals surface area contributed by atoms with Gasteiger partial charge in [-0.3, -0.25) is 4.79 Å². The fraction of sp³-hybridized carbons (Fsp3) is 0.278. The number of hydrogen-bond acceptors (Lipinski definition) is 2. The molecule has 22 heavy (non-hydrogen) atoms. The van der Waals surface area contributed by atoms with E-state index in [1.165, 1.54) is 11.6 Å². The molecular weight excluding hydrogens is 281 g/mol. The first-order valence-electron chi connectivity index (χ1n) is 7.41. The van der Waals surface area contributed by atoms with Gasteiger partial charge in [-0.25, -0.2) is 4.39 Å². The zero-order valence-electron chi connectivity index (χ0n) is 12.6. The van der Waals surface area contributed by atoms with E-state index in [0.29, 0.717) is 18.7 Å². The summed E-state index contributed by atoms with van der Waals surface area (Å²) < 4.78 is 19.0. The molecule has 116 valence electrons. The van der Waals surface area contributed by atoms with Gasteiger partial charge in [0.15, 0.2) is 0 Å². The third-order valence-electron chi connectivity index (χ3n) is 3.33. The smallest absolute Gasteiger partial charge is 0.224 e. The molecule has 0 aliphatic heterocycles. The lowest BCUT2D eigenvalue weighted by molar-refractivity contribution is -0.120. The molecule has 0 bridgehead atoms. The summed E-state index contributed by atoms with van der Waals surface area (Å²) in [4.78, 5) is 11.7. The van der Waals surface area contributed by atoms with Crippen molar-refractivity contribution in [1.29, 1.82) is 0 Å². The van der Waals surface area contributed by atoms with Gasteiger partial charge in [0.25, 0.3) is 0 Å². The molecule has 0 radical (unpaired) electrons. The topological polar surface area (TPSA) is 38.3 Å². The summed E-state index contributed by atoms with van der Waals surface area (Å²) in [5.74, 6) is 0.209. The van der Waals surface area contributed by atoms with Crippen LogP contribution in [0, 0.1) is 5.82 Å². The molecule has 0 saturated carbocycles. The van der Waals surface area contributed by atoms with Crippen molar-refractivity contribution in [2.24, 2.45) is 0 Å². The number of rotatable bonds is 7. The Balaban J connectivity index is 1.69. The average molecular weight is 301 g/mol. The first-order chi connectivity index (χ1) is 10.7. The highest BCUT2D eigenvalue weighted by Crippen LogP contribution is 2.12. The Bertz CT molecular complexity index is 611. The van der Waals surface area contributed by atoms with Crippen LogP contribution in [0.3, 0.4) is 0 Å². The van der Waals surface area contributed by atoms with E-state index in [-0.39, 0.29) is 18.1 Å². The number of amides is 1. The minimum atomic E-state index is -0.357. The van der Waals surface area contributed by atoms with E-state index in [1.807, 2.05) is 24.3 Å². The van der Waals surface area contributed by atoms with Crippen LogP contribution in [0.2, 0.25) is 0 Å². The summed E-state index contributed by atoms with van der Waals surface area (Å²) in [7, 11) is 0. The van der Waals surface area contributed by atoms with Crippen molar-refractivity contribution in [3.8, 4) is 5.75 Å². The quantitative estimate of drug-likeness (QED) is 0.798. The Labute approximate surface area is 130 Å². The molecule has 1 amide bonds. The summed E-state index contributed by atoms with van der Waals surface area (Å²) in [6.07, 6.45) is 1.03. The van der Waals surface area contributed by atoms with Crippen molar-refractivity contribution in [2.45, 2.75) is 19.8 Å². The molecule has 0 unspecified atom stereocenters. The van der Waals surface area contributed by atoms with Crippen molar-refractivity contribution in [2.75, 3.05) is 13.2 Å². The van der Waals surface area contributed by atoms with E-state index in [9.17, 15) is 9.18 Å². The van der Waals surface area contributed by atoms with Crippen LogP contribution in [0.5, 0.6) is 5.75 Å².